The van der Waals surface area contributed by atoms with Crippen LogP contribution in [0.25, 0.3) is 0 Å². The normalized spacial score (nSPS) is 25.4. The van der Waals surface area contributed by atoms with Crippen LogP contribution in [0.2, 0.25) is 0 Å². The van der Waals surface area contributed by atoms with E-state index in [1.165, 1.54) is 0 Å². The topological polar surface area (TPSA) is 67.9 Å². The van der Waals surface area contributed by atoms with Crippen molar-refractivity contribution >= 4 is 11.8 Å². The molecule has 1 atom stereocenters. The predicted molar refractivity (Wildman–Crippen MR) is 118 cm³/mol. The molecule has 1 N–H and O–H groups in total. The number of rotatable bonds is 5. The summed E-state index contributed by atoms with van der Waals surface area (Å²) in [7, 11) is 1.58. The maximum Gasteiger partial charge on any atom is 0.257 e. The number of ether oxygens (including phenoxy) is 2. The van der Waals surface area contributed by atoms with Crippen molar-refractivity contribution in [2.45, 2.75) is 50.9 Å². The van der Waals surface area contributed by atoms with Gasteiger partial charge in [0.1, 0.15) is 17.5 Å². The smallest absolute Gasteiger partial charge is 0.257 e. The van der Waals surface area contributed by atoms with Gasteiger partial charge in [-0.05, 0) is 55.4 Å². The van der Waals surface area contributed by atoms with Crippen LogP contribution in [0.4, 0.5) is 0 Å². The van der Waals surface area contributed by atoms with Crippen molar-refractivity contribution in [2.75, 3.05) is 13.7 Å². The van der Waals surface area contributed by atoms with Gasteiger partial charge in [-0.15, -0.1) is 0 Å². The summed E-state index contributed by atoms with van der Waals surface area (Å²) in [4.78, 5) is 28.5. The van der Waals surface area contributed by atoms with Crippen LogP contribution in [0.3, 0.4) is 0 Å². The highest BCUT2D eigenvalue weighted by Crippen LogP contribution is 2.43. The molecule has 4 rings (SSSR count). The first-order valence-electron chi connectivity index (χ1n) is 11.0. The van der Waals surface area contributed by atoms with Gasteiger partial charge in [0.2, 0.25) is 5.91 Å². The number of nitrogens with zero attached hydrogens (tertiary/aromatic N) is 1. The Balaban J connectivity index is 1.59. The third-order valence-electron chi connectivity index (χ3n) is 6.46. The van der Waals surface area contributed by atoms with Crippen molar-refractivity contribution in [3.8, 4) is 5.75 Å². The summed E-state index contributed by atoms with van der Waals surface area (Å²) in [6, 6.07) is 16.2. The molecular weight excluding hydrogens is 392 g/mol. The van der Waals surface area contributed by atoms with Gasteiger partial charge >= 0.3 is 0 Å². The second-order valence-corrected chi connectivity index (χ2v) is 8.57. The number of hydrogen-bond donors (Lipinski definition) is 1. The van der Waals surface area contributed by atoms with Gasteiger partial charge in [-0.1, -0.05) is 43.3 Å². The SMILES string of the molecule is COc1cccc(C(=O)N2[C@@H](C(=O)NCc3ccccc3)COC23CCC(C)CC3)c1. The molecule has 0 bridgehead atoms. The van der Waals surface area contributed by atoms with E-state index < -0.39 is 11.8 Å². The van der Waals surface area contributed by atoms with Crippen molar-refractivity contribution in [1.82, 2.24) is 10.2 Å². The minimum atomic E-state index is -0.721. The first-order valence-corrected chi connectivity index (χ1v) is 11.0. The zero-order valence-electron chi connectivity index (χ0n) is 18.2. The van der Waals surface area contributed by atoms with Gasteiger partial charge in [-0.3, -0.25) is 14.5 Å². The monoisotopic (exact) mass is 422 g/mol. The average molecular weight is 423 g/mol. The highest BCUT2D eigenvalue weighted by Gasteiger charge is 2.53. The Morgan fingerprint density at radius 2 is 1.87 bits per heavy atom. The molecule has 2 fully saturated rings. The lowest BCUT2D eigenvalue weighted by molar-refractivity contribution is -0.128. The molecule has 6 heteroatoms. The zero-order chi connectivity index (χ0) is 21.8. The molecule has 31 heavy (non-hydrogen) atoms. The van der Waals surface area contributed by atoms with E-state index in [2.05, 4.69) is 12.2 Å². The van der Waals surface area contributed by atoms with E-state index >= 15 is 0 Å². The summed E-state index contributed by atoms with van der Waals surface area (Å²) in [5.41, 5.74) is 0.798. The summed E-state index contributed by atoms with van der Waals surface area (Å²) >= 11 is 0. The van der Waals surface area contributed by atoms with Crippen LogP contribution in [0, 0.1) is 5.92 Å². The Hall–Kier alpha value is -2.86. The molecule has 1 aliphatic heterocycles. The molecule has 2 amide bonds. The highest BCUT2D eigenvalue weighted by molar-refractivity contribution is 5.98. The standard InChI is InChI=1S/C25H30N2O4/c1-18-11-13-25(14-12-18)27(24(29)20-9-6-10-21(15-20)30-2)22(17-31-25)23(28)26-16-19-7-4-3-5-8-19/h3-10,15,18,22H,11-14,16-17H2,1-2H3,(H,26,28)/t18?,22-,25?/m1/s1. The molecule has 1 saturated carbocycles. The Labute approximate surface area is 183 Å². The van der Waals surface area contributed by atoms with Gasteiger partial charge in [0, 0.05) is 12.1 Å². The first kappa shape index (κ1) is 21.4. The Morgan fingerprint density at radius 1 is 1.13 bits per heavy atom. The average Bonchev–Trinajstić information content (AvgIpc) is 3.18. The first-order chi connectivity index (χ1) is 15.0. The Morgan fingerprint density at radius 3 is 2.58 bits per heavy atom. The van der Waals surface area contributed by atoms with Crippen LogP contribution in [0.15, 0.2) is 54.6 Å². The summed E-state index contributed by atoms with van der Waals surface area (Å²) in [6.07, 6.45) is 3.43. The van der Waals surface area contributed by atoms with Gasteiger partial charge in [0.15, 0.2) is 0 Å². The van der Waals surface area contributed by atoms with Crippen LogP contribution < -0.4 is 10.1 Å². The van der Waals surface area contributed by atoms with Crippen molar-refractivity contribution in [2.24, 2.45) is 5.92 Å². The van der Waals surface area contributed by atoms with E-state index in [1.54, 1.807) is 36.3 Å². The van der Waals surface area contributed by atoms with Gasteiger partial charge in [0.05, 0.1) is 13.7 Å². The largest absolute Gasteiger partial charge is 0.497 e. The second kappa shape index (κ2) is 9.10. The molecule has 2 aromatic carbocycles. The molecular formula is C25H30N2O4. The van der Waals surface area contributed by atoms with Crippen LogP contribution in [0.5, 0.6) is 5.75 Å². The number of benzene rings is 2. The van der Waals surface area contributed by atoms with Gasteiger partial charge in [-0.2, -0.15) is 0 Å². The number of nitrogens with one attached hydrogen (secondary N) is 1. The lowest BCUT2D eigenvalue weighted by Crippen LogP contribution is -2.56. The molecule has 0 radical (unpaired) electrons. The minimum absolute atomic E-state index is 0.185. The van der Waals surface area contributed by atoms with Crippen molar-refractivity contribution in [3.63, 3.8) is 0 Å². The van der Waals surface area contributed by atoms with E-state index in [0.717, 1.165) is 31.2 Å². The maximum atomic E-state index is 13.7. The lowest BCUT2D eigenvalue weighted by Gasteiger charge is -2.43. The molecule has 2 aliphatic rings. The second-order valence-electron chi connectivity index (χ2n) is 8.57. The fourth-order valence-electron chi connectivity index (χ4n) is 4.58. The van der Waals surface area contributed by atoms with Crippen molar-refractivity contribution in [1.29, 1.82) is 0 Å². The molecule has 0 unspecified atom stereocenters. The number of amides is 2. The van der Waals surface area contributed by atoms with E-state index in [4.69, 9.17) is 9.47 Å². The van der Waals surface area contributed by atoms with Crippen LogP contribution in [0.1, 0.15) is 48.5 Å². The van der Waals surface area contributed by atoms with E-state index in [1.807, 2.05) is 30.3 Å². The van der Waals surface area contributed by atoms with E-state index in [-0.39, 0.29) is 18.4 Å². The molecule has 1 heterocycles. The maximum absolute atomic E-state index is 13.7. The van der Waals surface area contributed by atoms with Crippen LogP contribution in [-0.4, -0.2) is 42.2 Å². The third-order valence-corrected chi connectivity index (χ3v) is 6.46. The third kappa shape index (κ3) is 4.44. The Kier molecular flexibility index (Phi) is 6.28. The minimum Gasteiger partial charge on any atom is -0.497 e. The van der Waals surface area contributed by atoms with Gasteiger partial charge < -0.3 is 14.8 Å². The predicted octanol–water partition coefficient (Wildman–Crippen LogP) is 3.76. The van der Waals surface area contributed by atoms with Gasteiger partial charge in [0.25, 0.3) is 5.91 Å². The zero-order valence-corrected chi connectivity index (χ0v) is 18.2. The fourth-order valence-corrected chi connectivity index (χ4v) is 4.58. The number of carbonyl (C=O) groups is 2. The summed E-state index contributed by atoms with van der Waals surface area (Å²) in [5.74, 6) is 0.831. The van der Waals surface area contributed by atoms with Crippen LogP contribution in [-0.2, 0) is 16.1 Å². The summed E-state index contributed by atoms with van der Waals surface area (Å²) in [6.45, 7) is 2.85. The molecule has 164 valence electrons. The van der Waals surface area contributed by atoms with Gasteiger partial charge in [-0.25, -0.2) is 0 Å². The van der Waals surface area contributed by atoms with Crippen LogP contribution >= 0.6 is 0 Å². The van der Waals surface area contributed by atoms with E-state index in [9.17, 15) is 9.59 Å². The quantitative estimate of drug-likeness (QED) is 0.797. The molecule has 0 aromatic heterocycles. The number of methoxy groups -OCH3 is 1. The van der Waals surface area contributed by atoms with Crippen molar-refractivity contribution < 1.29 is 19.1 Å². The van der Waals surface area contributed by atoms with Crippen molar-refractivity contribution in [3.05, 3.63) is 65.7 Å². The van der Waals surface area contributed by atoms with E-state index in [0.29, 0.717) is 23.8 Å². The Bertz CT molecular complexity index is 922. The summed E-state index contributed by atoms with van der Waals surface area (Å²) < 4.78 is 11.5. The summed E-state index contributed by atoms with van der Waals surface area (Å²) in [5, 5.41) is 2.99. The molecule has 6 nitrogen and oxygen atoms in total. The number of carbonyl (C=O) groups excluding carboxylic acids is 2. The molecule has 2 aromatic rings. The molecule has 1 saturated heterocycles. The molecule has 1 spiro atoms. The fraction of sp³-hybridized carbons (Fsp3) is 0.440. The lowest BCUT2D eigenvalue weighted by atomic mass is 9.83. The molecule has 1 aliphatic carbocycles. The number of hydrogen-bond acceptors (Lipinski definition) is 4. The highest BCUT2D eigenvalue weighted by atomic mass is 16.5.